The molecule has 2 N–H and O–H groups in total. The number of nitrogens with one attached hydrogen (secondary N) is 2. The maximum atomic E-state index is 13.4. The van der Waals surface area contributed by atoms with Gasteiger partial charge in [0, 0.05) is 23.1 Å². The number of thiazole rings is 1. The van der Waals surface area contributed by atoms with Gasteiger partial charge in [0.25, 0.3) is 0 Å². The monoisotopic (exact) mass is 381 g/mol. The van der Waals surface area contributed by atoms with Crippen molar-refractivity contribution in [3.63, 3.8) is 0 Å². The molecule has 0 spiro atoms. The Morgan fingerprint density at radius 2 is 2.04 bits per heavy atom. The molecule has 3 aromatic rings. The molecule has 2 heterocycles. The predicted molar refractivity (Wildman–Crippen MR) is 103 cm³/mol. The number of rotatable bonds is 3. The molecule has 1 unspecified atom stereocenters. The van der Waals surface area contributed by atoms with Gasteiger partial charge in [-0.2, -0.15) is 0 Å². The smallest absolute Gasteiger partial charge is 0.234 e. The van der Waals surface area contributed by atoms with Gasteiger partial charge in [0.2, 0.25) is 11.8 Å². The number of benzene rings is 2. The Morgan fingerprint density at radius 3 is 2.81 bits per heavy atom. The Morgan fingerprint density at radius 1 is 1.26 bits per heavy atom. The second-order valence-corrected chi connectivity index (χ2v) is 7.29. The molecule has 0 radical (unpaired) electrons. The molecule has 0 fully saturated rings. The van der Waals surface area contributed by atoms with Crippen LogP contribution in [0.1, 0.15) is 23.5 Å². The van der Waals surface area contributed by atoms with Crippen molar-refractivity contribution < 1.29 is 14.0 Å². The van der Waals surface area contributed by atoms with Crippen LogP contribution < -0.4 is 10.6 Å². The van der Waals surface area contributed by atoms with Gasteiger partial charge in [-0.1, -0.05) is 35.9 Å². The molecule has 1 aliphatic rings. The number of amides is 2. The summed E-state index contributed by atoms with van der Waals surface area (Å²) in [5.74, 6) is -1.78. The topological polar surface area (TPSA) is 71.1 Å². The maximum absolute atomic E-state index is 13.4. The fraction of sp³-hybridized carbons (Fsp3) is 0.150. The van der Waals surface area contributed by atoms with Crippen LogP contribution in [0, 0.1) is 12.7 Å². The largest absolute Gasteiger partial charge is 0.326 e. The first kappa shape index (κ1) is 17.4. The molecule has 1 aromatic heterocycles. The number of carbonyl (C=O) groups excluding carboxylic acids is 2. The van der Waals surface area contributed by atoms with E-state index in [9.17, 15) is 14.0 Å². The molecule has 2 amide bonds. The molecule has 1 aliphatic heterocycles. The van der Waals surface area contributed by atoms with Crippen LogP contribution in [0.25, 0.3) is 11.3 Å². The van der Waals surface area contributed by atoms with Crippen molar-refractivity contribution in [2.45, 2.75) is 19.3 Å². The lowest BCUT2D eigenvalue weighted by atomic mass is 9.90. The van der Waals surface area contributed by atoms with Crippen molar-refractivity contribution in [2.24, 2.45) is 0 Å². The van der Waals surface area contributed by atoms with Gasteiger partial charge in [0.15, 0.2) is 5.13 Å². The third-order valence-electron chi connectivity index (χ3n) is 4.45. The van der Waals surface area contributed by atoms with Gasteiger partial charge in [-0.3, -0.25) is 9.59 Å². The molecule has 7 heteroatoms. The summed E-state index contributed by atoms with van der Waals surface area (Å²) >= 11 is 1.32. The van der Waals surface area contributed by atoms with Gasteiger partial charge in [-0.25, -0.2) is 9.37 Å². The molecule has 1 atom stereocenters. The number of aromatic nitrogens is 1. The van der Waals surface area contributed by atoms with Gasteiger partial charge in [-0.05, 0) is 24.6 Å². The second-order valence-electron chi connectivity index (χ2n) is 6.43. The van der Waals surface area contributed by atoms with Crippen molar-refractivity contribution in [1.29, 1.82) is 0 Å². The van der Waals surface area contributed by atoms with Crippen molar-refractivity contribution >= 4 is 34.0 Å². The highest BCUT2D eigenvalue weighted by Gasteiger charge is 2.31. The van der Waals surface area contributed by atoms with E-state index in [4.69, 9.17) is 0 Å². The normalized spacial score (nSPS) is 15.8. The van der Waals surface area contributed by atoms with E-state index >= 15 is 0 Å². The van der Waals surface area contributed by atoms with Crippen LogP contribution in [-0.4, -0.2) is 16.8 Å². The van der Waals surface area contributed by atoms with Crippen LogP contribution in [0.3, 0.4) is 0 Å². The van der Waals surface area contributed by atoms with Crippen molar-refractivity contribution in [2.75, 3.05) is 10.6 Å². The number of anilines is 2. The van der Waals surface area contributed by atoms with Gasteiger partial charge in [-0.15, -0.1) is 11.3 Å². The van der Waals surface area contributed by atoms with E-state index < -0.39 is 11.7 Å². The first-order chi connectivity index (χ1) is 13.0. The fourth-order valence-electron chi connectivity index (χ4n) is 3.05. The summed E-state index contributed by atoms with van der Waals surface area (Å²) in [6.45, 7) is 2.01. The minimum absolute atomic E-state index is 0.0145. The van der Waals surface area contributed by atoms with E-state index in [2.05, 4.69) is 15.6 Å². The number of nitrogens with zero attached hydrogens (tertiary/aromatic N) is 1. The zero-order valence-corrected chi connectivity index (χ0v) is 15.3. The molecule has 27 heavy (non-hydrogen) atoms. The van der Waals surface area contributed by atoms with Crippen LogP contribution in [0.5, 0.6) is 0 Å². The molecule has 0 aliphatic carbocycles. The van der Waals surface area contributed by atoms with Gasteiger partial charge < -0.3 is 10.6 Å². The number of halogens is 1. The van der Waals surface area contributed by atoms with E-state index in [0.29, 0.717) is 16.4 Å². The van der Waals surface area contributed by atoms with Gasteiger partial charge in [0.1, 0.15) is 5.82 Å². The van der Waals surface area contributed by atoms with Crippen LogP contribution in [-0.2, 0) is 9.59 Å². The Hall–Kier alpha value is -3.06. The molecular formula is C20H16FN3O2S. The summed E-state index contributed by atoms with van der Waals surface area (Å²) in [4.78, 5) is 29.1. The highest BCUT2D eigenvalue weighted by atomic mass is 32.1. The summed E-state index contributed by atoms with van der Waals surface area (Å²) in [7, 11) is 0. The van der Waals surface area contributed by atoms with E-state index in [0.717, 1.165) is 16.8 Å². The number of fused-ring (bicyclic) bond motifs is 1. The lowest BCUT2D eigenvalue weighted by molar-refractivity contribution is -0.123. The van der Waals surface area contributed by atoms with Crippen LogP contribution >= 0.6 is 11.3 Å². The van der Waals surface area contributed by atoms with E-state index in [1.54, 1.807) is 0 Å². The second kappa shape index (κ2) is 6.92. The van der Waals surface area contributed by atoms with Gasteiger partial charge >= 0.3 is 0 Å². The maximum Gasteiger partial charge on any atom is 0.234 e. The summed E-state index contributed by atoms with van der Waals surface area (Å²) < 4.78 is 13.4. The predicted octanol–water partition coefficient (Wildman–Crippen LogP) is 4.32. The lowest BCUT2D eigenvalue weighted by Crippen LogP contribution is -2.30. The highest BCUT2D eigenvalue weighted by Crippen LogP contribution is 2.34. The molecule has 0 saturated carbocycles. The molecular weight excluding hydrogens is 365 g/mol. The number of hydrogen-bond acceptors (Lipinski definition) is 4. The average molecular weight is 381 g/mol. The summed E-state index contributed by atoms with van der Waals surface area (Å²) in [6.07, 6.45) is 0.0145. The van der Waals surface area contributed by atoms with Crippen molar-refractivity contribution in [3.8, 4) is 11.3 Å². The first-order valence-corrected chi connectivity index (χ1v) is 9.30. The molecule has 0 bridgehead atoms. The minimum Gasteiger partial charge on any atom is -0.326 e. The zero-order chi connectivity index (χ0) is 19.0. The molecule has 5 nitrogen and oxygen atoms in total. The van der Waals surface area contributed by atoms with Crippen LogP contribution in [0.4, 0.5) is 15.2 Å². The molecule has 2 aromatic carbocycles. The summed E-state index contributed by atoms with van der Waals surface area (Å²) in [6, 6.07) is 12.0. The summed E-state index contributed by atoms with van der Waals surface area (Å²) in [5.41, 5.74) is 3.84. The Balaban J connectivity index is 1.55. The molecule has 136 valence electrons. The molecule has 0 saturated heterocycles. The van der Waals surface area contributed by atoms with E-state index in [1.165, 1.54) is 29.5 Å². The summed E-state index contributed by atoms with van der Waals surface area (Å²) in [5, 5.41) is 7.73. The minimum atomic E-state index is -0.680. The highest BCUT2D eigenvalue weighted by molar-refractivity contribution is 7.14. The van der Waals surface area contributed by atoms with Crippen LogP contribution in [0.15, 0.2) is 47.8 Å². The number of aryl methyl sites for hydroxylation is 1. The third kappa shape index (κ3) is 3.59. The van der Waals surface area contributed by atoms with Crippen molar-refractivity contribution in [3.05, 3.63) is 64.8 Å². The Labute approximate surface area is 159 Å². The van der Waals surface area contributed by atoms with Crippen molar-refractivity contribution in [1.82, 2.24) is 4.98 Å². The average Bonchev–Trinajstić information content (AvgIpc) is 3.09. The SMILES string of the molecule is Cc1ccc(-c2csc(NC(=O)C3CC(=O)Nc4cc(F)ccc43)n2)cc1. The third-order valence-corrected chi connectivity index (χ3v) is 5.21. The fourth-order valence-corrected chi connectivity index (χ4v) is 3.77. The molecule has 4 rings (SSSR count). The quantitative estimate of drug-likeness (QED) is 0.710. The number of hydrogen-bond donors (Lipinski definition) is 2. The zero-order valence-electron chi connectivity index (χ0n) is 14.5. The van der Waals surface area contributed by atoms with Crippen LogP contribution in [0.2, 0.25) is 0 Å². The Bertz CT molecular complexity index is 1030. The van der Waals surface area contributed by atoms with E-state index in [1.807, 2.05) is 36.6 Å². The standard InChI is InChI=1S/C20H16FN3O2S/c1-11-2-4-12(5-3-11)17-10-27-20(23-17)24-19(26)15-9-18(25)22-16-8-13(21)6-7-14(15)16/h2-8,10,15H,9H2,1H3,(H,22,25)(H,23,24,26). The van der Waals surface area contributed by atoms with E-state index in [-0.39, 0.29) is 18.2 Å². The Kier molecular flexibility index (Phi) is 4.45. The van der Waals surface area contributed by atoms with Gasteiger partial charge in [0.05, 0.1) is 11.6 Å². The lowest BCUT2D eigenvalue weighted by Gasteiger charge is -2.24. The number of carbonyl (C=O) groups is 2. The first-order valence-electron chi connectivity index (χ1n) is 8.42.